The van der Waals surface area contributed by atoms with Gasteiger partial charge in [0.05, 0.1) is 5.02 Å². The van der Waals surface area contributed by atoms with Gasteiger partial charge in [-0.3, -0.25) is 0 Å². The lowest BCUT2D eigenvalue weighted by Gasteiger charge is -2.12. The molecule has 3 aromatic carbocycles. The van der Waals surface area contributed by atoms with Crippen LogP contribution in [0.25, 0.3) is 22.7 Å². The summed E-state index contributed by atoms with van der Waals surface area (Å²) in [5, 5.41) is 9.86. The first kappa shape index (κ1) is 20.9. The van der Waals surface area contributed by atoms with E-state index in [4.69, 9.17) is 31.8 Å². The number of benzene rings is 3. The molecular weight excluding hydrogens is 459 g/mol. The van der Waals surface area contributed by atoms with Gasteiger partial charge in [-0.05, 0) is 42.5 Å². The number of fused-ring (bicyclic) bond motifs is 1. The maximum Gasteiger partial charge on any atom is 0.339 e. The second kappa shape index (κ2) is 8.44. The van der Waals surface area contributed by atoms with Crippen LogP contribution in [0.5, 0.6) is 5.75 Å². The Kier molecular flexibility index (Phi) is 5.70. The Balaban J connectivity index is 1.82. The highest BCUT2D eigenvalue weighted by Gasteiger charge is 2.22. The lowest BCUT2D eigenvalue weighted by atomic mass is 10.1. The summed E-state index contributed by atoms with van der Waals surface area (Å²) in [5.74, 6) is -0.101. The van der Waals surface area contributed by atoms with Crippen molar-refractivity contribution in [1.82, 2.24) is 4.98 Å². The first-order chi connectivity index (χ1) is 14.9. The van der Waals surface area contributed by atoms with Crippen molar-refractivity contribution < 1.29 is 17.0 Å². The minimum Gasteiger partial charge on any atom is -0.435 e. The van der Waals surface area contributed by atoms with Gasteiger partial charge in [0.1, 0.15) is 22.1 Å². The van der Waals surface area contributed by atoms with Crippen LogP contribution in [0, 0.1) is 11.3 Å². The number of aromatic nitrogens is 1. The summed E-state index contributed by atoms with van der Waals surface area (Å²) < 4.78 is 36.4. The van der Waals surface area contributed by atoms with Crippen molar-refractivity contribution in [1.29, 1.82) is 5.26 Å². The molecule has 4 rings (SSSR count). The standard InChI is InChI=1S/C22H12Cl2N2O4S/c23-16-11-14(10-15(13-25)22-26-19-8-4-5-9-20(19)29-22)21(18(24)12-16)30-31(27,28)17-6-2-1-3-7-17/h1-12H/b15-10+. The predicted octanol–water partition coefficient (Wildman–Crippen LogP) is 5.97. The van der Waals surface area contributed by atoms with Crippen LogP contribution in [0.3, 0.4) is 0 Å². The van der Waals surface area contributed by atoms with Crippen LogP contribution in [0.15, 0.2) is 76.0 Å². The van der Waals surface area contributed by atoms with Crippen LogP contribution in [0.4, 0.5) is 0 Å². The smallest absolute Gasteiger partial charge is 0.339 e. The highest BCUT2D eigenvalue weighted by molar-refractivity contribution is 7.87. The van der Waals surface area contributed by atoms with E-state index < -0.39 is 10.1 Å². The van der Waals surface area contributed by atoms with Gasteiger partial charge in [-0.25, -0.2) is 4.98 Å². The average Bonchev–Trinajstić information content (AvgIpc) is 3.19. The fraction of sp³-hybridized carbons (Fsp3) is 0. The van der Waals surface area contributed by atoms with E-state index in [1.807, 2.05) is 6.07 Å². The molecule has 0 aliphatic rings. The lowest BCUT2D eigenvalue weighted by Crippen LogP contribution is -2.10. The van der Waals surface area contributed by atoms with E-state index in [2.05, 4.69) is 4.98 Å². The molecule has 0 saturated heterocycles. The highest BCUT2D eigenvalue weighted by atomic mass is 35.5. The summed E-state index contributed by atoms with van der Waals surface area (Å²) in [5.41, 5.74) is 1.30. The second-order valence-electron chi connectivity index (χ2n) is 6.31. The van der Waals surface area contributed by atoms with Gasteiger partial charge < -0.3 is 8.60 Å². The molecule has 0 spiro atoms. The van der Waals surface area contributed by atoms with Crippen molar-refractivity contribution >= 4 is 56.1 Å². The first-order valence-electron chi connectivity index (χ1n) is 8.84. The van der Waals surface area contributed by atoms with Gasteiger partial charge in [0.15, 0.2) is 11.3 Å². The quantitative estimate of drug-likeness (QED) is 0.263. The van der Waals surface area contributed by atoms with E-state index in [9.17, 15) is 13.7 Å². The fourth-order valence-electron chi connectivity index (χ4n) is 2.81. The molecule has 0 bridgehead atoms. The minimum atomic E-state index is -4.18. The van der Waals surface area contributed by atoms with E-state index in [-0.39, 0.29) is 37.7 Å². The third-order valence-electron chi connectivity index (χ3n) is 4.21. The Morgan fingerprint density at radius 2 is 1.77 bits per heavy atom. The van der Waals surface area contributed by atoms with Gasteiger partial charge in [-0.15, -0.1) is 0 Å². The molecule has 4 aromatic rings. The van der Waals surface area contributed by atoms with Crippen molar-refractivity contribution in [2.45, 2.75) is 4.90 Å². The third kappa shape index (κ3) is 4.42. The van der Waals surface area contributed by atoms with Crippen LogP contribution < -0.4 is 4.18 Å². The SMILES string of the molecule is N#C/C(=C\c1cc(Cl)cc(Cl)c1OS(=O)(=O)c1ccccc1)c1nc2ccccc2o1. The molecule has 0 unspecified atom stereocenters. The van der Waals surface area contributed by atoms with Crippen molar-refractivity contribution in [3.8, 4) is 11.8 Å². The van der Waals surface area contributed by atoms with Gasteiger partial charge in [-0.2, -0.15) is 13.7 Å². The molecule has 9 heteroatoms. The number of nitrogens with zero attached hydrogens (tertiary/aromatic N) is 2. The Bertz CT molecular complexity index is 1420. The minimum absolute atomic E-state index is 0.0342. The van der Waals surface area contributed by atoms with Crippen LogP contribution in [0.2, 0.25) is 10.0 Å². The molecule has 0 N–H and O–H groups in total. The van der Waals surface area contributed by atoms with Gasteiger partial charge in [-0.1, -0.05) is 53.5 Å². The second-order valence-corrected chi connectivity index (χ2v) is 8.70. The van der Waals surface area contributed by atoms with Crippen molar-refractivity contribution in [2.24, 2.45) is 0 Å². The number of para-hydroxylation sites is 2. The topological polar surface area (TPSA) is 93.2 Å². The molecule has 31 heavy (non-hydrogen) atoms. The van der Waals surface area contributed by atoms with E-state index in [0.29, 0.717) is 11.1 Å². The molecule has 0 saturated carbocycles. The largest absolute Gasteiger partial charge is 0.435 e. The molecule has 0 radical (unpaired) electrons. The summed E-state index contributed by atoms with van der Waals surface area (Å²) >= 11 is 12.3. The molecule has 1 heterocycles. The molecule has 6 nitrogen and oxygen atoms in total. The Morgan fingerprint density at radius 1 is 1.06 bits per heavy atom. The first-order valence-corrected chi connectivity index (χ1v) is 11.0. The highest BCUT2D eigenvalue weighted by Crippen LogP contribution is 2.37. The summed E-state index contributed by atoms with van der Waals surface area (Å²) in [6.07, 6.45) is 1.36. The van der Waals surface area contributed by atoms with E-state index in [1.54, 1.807) is 42.5 Å². The Labute approximate surface area is 188 Å². The molecule has 0 amide bonds. The molecule has 1 aromatic heterocycles. The van der Waals surface area contributed by atoms with Crippen molar-refractivity contribution in [2.75, 3.05) is 0 Å². The Morgan fingerprint density at radius 3 is 2.48 bits per heavy atom. The van der Waals surface area contributed by atoms with Crippen LogP contribution in [-0.4, -0.2) is 13.4 Å². The number of allylic oxidation sites excluding steroid dienone is 1. The molecule has 0 aliphatic carbocycles. The number of hydrogen-bond donors (Lipinski definition) is 0. The zero-order valence-corrected chi connectivity index (χ0v) is 17.9. The van der Waals surface area contributed by atoms with Crippen LogP contribution in [0.1, 0.15) is 11.5 Å². The average molecular weight is 471 g/mol. The molecule has 0 atom stereocenters. The van der Waals surface area contributed by atoms with Gasteiger partial charge in [0.2, 0.25) is 5.89 Å². The van der Waals surface area contributed by atoms with Gasteiger partial charge in [0.25, 0.3) is 0 Å². The maximum atomic E-state index is 12.7. The maximum absolute atomic E-state index is 12.7. The monoisotopic (exact) mass is 470 g/mol. The fourth-order valence-corrected chi connectivity index (χ4v) is 4.39. The van der Waals surface area contributed by atoms with Gasteiger partial charge in [0, 0.05) is 10.6 Å². The predicted molar refractivity (Wildman–Crippen MR) is 118 cm³/mol. The number of halogens is 2. The van der Waals surface area contributed by atoms with Crippen LogP contribution >= 0.6 is 23.2 Å². The lowest BCUT2D eigenvalue weighted by molar-refractivity contribution is 0.485. The number of rotatable bonds is 5. The summed E-state index contributed by atoms with van der Waals surface area (Å²) in [4.78, 5) is 4.25. The zero-order chi connectivity index (χ0) is 22.0. The summed E-state index contributed by atoms with van der Waals surface area (Å²) in [6.45, 7) is 0. The number of oxazole rings is 1. The normalized spacial score (nSPS) is 12.0. The molecule has 0 aliphatic heterocycles. The molecule has 154 valence electrons. The number of hydrogen-bond acceptors (Lipinski definition) is 6. The van der Waals surface area contributed by atoms with Crippen molar-refractivity contribution in [3.63, 3.8) is 0 Å². The van der Waals surface area contributed by atoms with Crippen LogP contribution in [-0.2, 0) is 10.1 Å². The van der Waals surface area contributed by atoms with Crippen molar-refractivity contribution in [3.05, 3.63) is 88.2 Å². The third-order valence-corrected chi connectivity index (χ3v) is 5.94. The van der Waals surface area contributed by atoms with Gasteiger partial charge >= 0.3 is 10.1 Å². The van der Waals surface area contributed by atoms with E-state index in [1.165, 1.54) is 30.3 Å². The molecular formula is C22H12Cl2N2O4S. The zero-order valence-electron chi connectivity index (χ0n) is 15.6. The molecule has 0 fully saturated rings. The number of nitriles is 1. The van der Waals surface area contributed by atoms with E-state index >= 15 is 0 Å². The van der Waals surface area contributed by atoms with E-state index in [0.717, 1.165) is 0 Å². The Hall–Kier alpha value is -3.31. The summed E-state index contributed by atoms with van der Waals surface area (Å²) in [6, 6.07) is 19.4. The summed E-state index contributed by atoms with van der Waals surface area (Å²) in [7, 11) is -4.18.